The highest BCUT2D eigenvalue weighted by molar-refractivity contribution is 4.83. The van der Waals surface area contributed by atoms with Crippen LogP contribution in [-0.4, -0.2) is 30.7 Å². The van der Waals surface area contributed by atoms with E-state index in [1.54, 1.807) is 4.90 Å². The number of likely N-dealkylation sites (tertiary alicyclic amines) is 1. The summed E-state index contributed by atoms with van der Waals surface area (Å²) >= 11 is 0. The van der Waals surface area contributed by atoms with E-state index >= 15 is 0 Å². The van der Waals surface area contributed by atoms with Crippen molar-refractivity contribution in [2.24, 2.45) is 5.92 Å². The summed E-state index contributed by atoms with van der Waals surface area (Å²) in [7, 11) is 0. The lowest BCUT2D eigenvalue weighted by molar-refractivity contribution is -0.208. The first-order valence-corrected chi connectivity index (χ1v) is 4.33. The second-order valence-corrected chi connectivity index (χ2v) is 2.59. The first-order chi connectivity index (χ1) is 5.54. The molecule has 1 heterocycles. The minimum absolute atomic E-state index is 0.194. The Bertz CT molecular complexity index is 116. The largest absolute Gasteiger partial charge is 0.394 e. The minimum Gasteiger partial charge on any atom is -0.302 e. The van der Waals surface area contributed by atoms with Crippen LogP contribution in [0.2, 0.25) is 0 Å². The molecule has 1 aliphatic rings. The SMILES string of the molecule is CC.CCN1CC(C(F)(F)F)C1. The average molecular weight is 183 g/mol. The third-order valence-electron chi connectivity index (χ3n) is 1.87. The average Bonchev–Trinajstić information content (AvgIpc) is 1.87. The van der Waals surface area contributed by atoms with Gasteiger partial charge in [0.25, 0.3) is 0 Å². The van der Waals surface area contributed by atoms with Gasteiger partial charge in [-0.15, -0.1) is 0 Å². The van der Waals surface area contributed by atoms with Crippen LogP contribution in [0.25, 0.3) is 0 Å². The Kier molecular flexibility index (Phi) is 4.60. The van der Waals surface area contributed by atoms with Crippen LogP contribution in [0.3, 0.4) is 0 Å². The molecular formula is C8H16F3N. The lowest BCUT2D eigenvalue weighted by Gasteiger charge is -2.39. The number of hydrogen-bond acceptors (Lipinski definition) is 1. The third kappa shape index (κ3) is 3.01. The van der Waals surface area contributed by atoms with Crippen molar-refractivity contribution in [2.75, 3.05) is 19.6 Å². The van der Waals surface area contributed by atoms with Gasteiger partial charge in [-0.1, -0.05) is 20.8 Å². The van der Waals surface area contributed by atoms with Crippen molar-refractivity contribution in [1.29, 1.82) is 0 Å². The van der Waals surface area contributed by atoms with Crippen molar-refractivity contribution >= 4 is 0 Å². The molecule has 1 nitrogen and oxygen atoms in total. The van der Waals surface area contributed by atoms with E-state index < -0.39 is 12.1 Å². The molecule has 1 rings (SSSR count). The summed E-state index contributed by atoms with van der Waals surface area (Å²) in [5.74, 6) is -1.06. The van der Waals surface area contributed by atoms with Gasteiger partial charge in [-0.2, -0.15) is 13.2 Å². The van der Waals surface area contributed by atoms with E-state index in [9.17, 15) is 13.2 Å². The van der Waals surface area contributed by atoms with Gasteiger partial charge in [-0.05, 0) is 6.54 Å². The van der Waals surface area contributed by atoms with Gasteiger partial charge in [0.05, 0.1) is 5.92 Å². The Balaban J connectivity index is 0.000000561. The summed E-state index contributed by atoms with van der Waals surface area (Å²) in [5, 5.41) is 0. The van der Waals surface area contributed by atoms with E-state index in [0.29, 0.717) is 0 Å². The molecule has 0 unspecified atom stereocenters. The first kappa shape index (κ1) is 11.8. The number of nitrogens with zero attached hydrogens (tertiary/aromatic N) is 1. The predicted molar refractivity (Wildman–Crippen MR) is 43.0 cm³/mol. The smallest absolute Gasteiger partial charge is 0.302 e. The molecular weight excluding hydrogens is 167 g/mol. The molecule has 12 heavy (non-hydrogen) atoms. The van der Waals surface area contributed by atoms with Crippen molar-refractivity contribution in [1.82, 2.24) is 4.90 Å². The van der Waals surface area contributed by atoms with Crippen LogP contribution in [0.5, 0.6) is 0 Å². The van der Waals surface area contributed by atoms with Crippen LogP contribution in [0.1, 0.15) is 20.8 Å². The van der Waals surface area contributed by atoms with Crippen LogP contribution >= 0.6 is 0 Å². The van der Waals surface area contributed by atoms with Gasteiger partial charge in [0.2, 0.25) is 0 Å². The quantitative estimate of drug-likeness (QED) is 0.603. The molecule has 1 aliphatic heterocycles. The number of alkyl halides is 3. The van der Waals surface area contributed by atoms with Gasteiger partial charge in [0, 0.05) is 13.1 Å². The fraction of sp³-hybridized carbons (Fsp3) is 1.00. The van der Waals surface area contributed by atoms with Crippen LogP contribution in [-0.2, 0) is 0 Å². The summed E-state index contributed by atoms with van der Waals surface area (Å²) in [4.78, 5) is 1.78. The highest BCUT2D eigenvalue weighted by Gasteiger charge is 2.46. The van der Waals surface area contributed by atoms with E-state index in [0.717, 1.165) is 6.54 Å². The van der Waals surface area contributed by atoms with Crippen LogP contribution in [0, 0.1) is 5.92 Å². The summed E-state index contributed by atoms with van der Waals surface area (Å²) < 4.78 is 35.4. The van der Waals surface area contributed by atoms with E-state index in [2.05, 4.69) is 0 Å². The van der Waals surface area contributed by atoms with Crippen LogP contribution < -0.4 is 0 Å². The second kappa shape index (κ2) is 4.70. The number of hydrogen-bond donors (Lipinski definition) is 0. The molecule has 1 saturated heterocycles. The fourth-order valence-corrected chi connectivity index (χ4v) is 1.04. The maximum atomic E-state index is 11.8. The van der Waals surface area contributed by atoms with Crippen molar-refractivity contribution in [2.45, 2.75) is 26.9 Å². The van der Waals surface area contributed by atoms with Gasteiger partial charge in [0.1, 0.15) is 0 Å². The molecule has 4 heteroatoms. The van der Waals surface area contributed by atoms with E-state index in [1.165, 1.54) is 0 Å². The molecule has 74 valence electrons. The molecule has 1 fully saturated rings. The number of rotatable bonds is 1. The maximum Gasteiger partial charge on any atom is 0.394 e. The van der Waals surface area contributed by atoms with Crippen molar-refractivity contribution in [3.05, 3.63) is 0 Å². The molecule has 0 N–H and O–H groups in total. The zero-order chi connectivity index (χ0) is 9.78. The normalized spacial score (nSPS) is 19.5. The maximum absolute atomic E-state index is 11.8. The lowest BCUT2D eigenvalue weighted by Crippen LogP contribution is -2.52. The van der Waals surface area contributed by atoms with Crippen molar-refractivity contribution in [3.63, 3.8) is 0 Å². The third-order valence-corrected chi connectivity index (χ3v) is 1.87. The molecule has 0 atom stereocenters. The standard InChI is InChI=1S/C6H10F3N.C2H6/c1-2-10-3-5(4-10)6(7,8)9;1-2/h5H,2-4H2,1H3;1-2H3. The van der Waals surface area contributed by atoms with Gasteiger partial charge in [-0.25, -0.2) is 0 Å². The molecule has 0 aromatic rings. The molecule has 0 spiro atoms. The molecule has 0 aromatic carbocycles. The number of halogens is 3. The van der Waals surface area contributed by atoms with Gasteiger partial charge >= 0.3 is 6.18 Å². The summed E-state index contributed by atoms with van der Waals surface area (Å²) in [6, 6.07) is 0. The van der Waals surface area contributed by atoms with E-state index in [4.69, 9.17) is 0 Å². The fourth-order valence-electron chi connectivity index (χ4n) is 1.04. The second-order valence-electron chi connectivity index (χ2n) is 2.59. The van der Waals surface area contributed by atoms with Gasteiger partial charge in [-0.3, -0.25) is 0 Å². The highest BCUT2D eigenvalue weighted by Crippen LogP contribution is 2.32. The molecule has 0 amide bonds. The van der Waals surface area contributed by atoms with Gasteiger partial charge in [0.15, 0.2) is 0 Å². The Morgan fingerprint density at radius 1 is 1.25 bits per heavy atom. The Morgan fingerprint density at radius 2 is 1.67 bits per heavy atom. The molecule has 0 radical (unpaired) electrons. The van der Waals surface area contributed by atoms with Gasteiger partial charge < -0.3 is 4.90 Å². The van der Waals surface area contributed by atoms with E-state index in [-0.39, 0.29) is 13.1 Å². The Labute approximate surface area is 71.6 Å². The lowest BCUT2D eigenvalue weighted by atomic mass is 10.0. The molecule has 0 bridgehead atoms. The minimum atomic E-state index is -3.97. The summed E-state index contributed by atoms with van der Waals surface area (Å²) in [5.41, 5.74) is 0. The first-order valence-electron chi connectivity index (χ1n) is 4.33. The van der Waals surface area contributed by atoms with Crippen molar-refractivity contribution < 1.29 is 13.2 Å². The Hall–Kier alpha value is -0.250. The zero-order valence-electron chi connectivity index (χ0n) is 7.78. The zero-order valence-corrected chi connectivity index (χ0v) is 7.78. The topological polar surface area (TPSA) is 3.24 Å². The van der Waals surface area contributed by atoms with E-state index in [1.807, 2.05) is 20.8 Å². The van der Waals surface area contributed by atoms with Crippen molar-refractivity contribution in [3.8, 4) is 0 Å². The summed E-state index contributed by atoms with van der Waals surface area (Å²) in [6.45, 7) is 6.99. The van der Waals surface area contributed by atoms with Crippen LogP contribution in [0.15, 0.2) is 0 Å². The molecule has 0 aliphatic carbocycles. The monoisotopic (exact) mass is 183 g/mol. The Morgan fingerprint density at radius 3 is 1.92 bits per heavy atom. The highest BCUT2D eigenvalue weighted by atomic mass is 19.4. The van der Waals surface area contributed by atoms with Crippen LogP contribution in [0.4, 0.5) is 13.2 Å². The molecule has 0 saturated carbocycles. The summed E-state index contributed by atoms with van der Waals surface area (Å²) in [6.07, 6.45) is -3.97. The predicted octanol–water partition coefficient (Wildman–Crippen LogP) is 2.53. The molecule has 0 aromatic heterocycles.